The van der Waals surface area contributed by atoms with Gasteiger partial charge in [-0.1, -0.05) is 270 Å². The van der Waals surface area contributed by atoms with Gasteiger partial charge in [0, 0.05) is 12.8 Å². The van der Waals surface area contributed by atoms with Crippen LogP contribution in [-0.4, -0.2) is 21.8 Å². The Morgan fingerprint density at radius 3 is 0.798 bits per heavy atom. The molecule has 2 N–H and O–H groups in total. The molecule has 0 spiro atoms. The van der Waals surface area contributed by atoms with Crippen molar-refractivity contribution in [3.63, 3.8) is 0 Å². The maximum atomic E-state index is 12.2. The molecule has 0 aliphatic heterocycles. The molecule has 4 rings (SSSR count). The zero-order chi connectivity index (χ0) is 63.0. The molecule has 0 radical (unpaired) electrons. The van der Waals surface area contributed by atoms with E-state index < -0.39 is 0 Å². The largest absolute Gasteiger partial charge is 0.508 e. The Kier molecular flexibility index (Phi) is 28.1. The molecule has 4 heteroatoms. The number of carbonyl (C=O) groups is 2. The van der Waals surface area contributed by atoms with Crippen LogP contribution in [0.2, 0.25) is 0 Å². The normalized spacial score (nSPS) is 21.4. The molecule has 84 heavy (non-hydrogen) atoms. The van der Waals surface area contributed by atoms with E-state index in [9.17, 15) is 19.8 Å². The van der Waals surface area contributed by atoms with E-state index in [2.05, 4.69) is 281 Å². The molecule has 0 amide bonds. The fraction of sp³-hybridized carbons (Fsp3) is 0.375. The molecule has 448 valence electrons. The summed E-state index contributed by atoms with van der Waals surface area (Å²) in [5.74, 6) is 1.34. The van der Waals surface area contributed by atoms with Crippen LogP contribution >= 0.6 is 0 Å². The molecule has 0 saturated carbocycles. The number of ketones is 2. The minimum atomic E-state index is 0.0257. The second-order valence-electron chi connectivity index (χ2n) is 25.9. The summed E-state index contributed by atoms with van der Waals surface area (Å²) in [6, 6.07) is 0. The molecule has 0 aromatic heterocycles. The molecule has 0 atom stereocenters. The van der Waals surface area contributed by atoms with E-state index in [4.69, 9.17) is 0 Å². The Morgan fingerprint density at radius 1 is 0.333 bits per heavy atom. The number of aliphatic hydroxyl groups is 2. The Hall–Kier alpha value is -7.30. The first-order valence-electron chi connectivity index (χ1n) is 30.1. The number of hydrogen-bond donors (Lipinski definition) is 2. The third-order valence-electron chi connectivity index (χ3n) is 16.3. The average Bonchev–Trinajstić information content (AvgIpc) is 2.48. The number of Topliss-reactive ketones (excluding diaryl/α,β-unsaturated/α-hetero) is 2. The number of carbonyl (C=O) groups excluding carboxylic acids is 2. The van der Waals surface area contributed by atoms with E-state index in [0.29, 0.717) is 24.4 Å². The molecule has 4 aliphatic rings. The summed E-state index contributed by atoms with van der Waals surface area (Å²) in [4.78, 5) is 24.3. The first kappa shape index (κ1) is 71.0. The van der Waals surface area contributed by atoms with Crippen molar-refractivity contribution >= 4 is 11.6 Å². The lowest BCUT2D eigenvalue weighted by Gasteiger charge is -2.32. The maximum Gasteiger partial charge on any atom is 0.158 e. The summed E-state index contributed by atoms with van der Waals surface area (Å²) < 4.78 is 0. The van der Waals surface area contributed by atoms with Gasteiger partial charge >= 0.3 is 0 Å². The molecular weight excluding hydrogens is 1020 g/mol. The van der Waals surface area contributed by atoms with Crippen LogP contribution < -0.4 is 0 Å². The molecule has 0 aromatic carbocycles. The third-order valence-corrected chi connectivity index (χ3v) is 16.3. The summed E-state index contributed by atoms with van der Waals surface area (Å²) in [6.07, 6.45) is 67.3. The highest BCUT2D eigenvalue weighted by atomic mass is 16.3. The van der Waals surface area contributed by atoms with E-state index in [1.807, 2.05) is 39.8 Å². The van der Waals surface area contributed by atoms with Crippen molar-refractivity contribution in [3.8, 4) is 0 Å². The van der Waals surface area contributed by atoms with Crippen molar-refractivity contribution in [3.05, 3.63) is 283 Å². The Bertz CT molecular complexity index is 2870. The van der Waals surface area contributed by atoms with Gasteiger partial charge in [-0.05, 0) is 187 Å². The number of allylic oxidation sites excluding steroid dienone is 46. The average molecular weight is 1130 g/mol. The van der Waals surface area contributed by atoms with Gasteiger partial charge in [-0.15, -0.1) is 0 Å². The van der Waals surface area contributed by atoms with Gasteiger partial charge in [-0.3, -0.25) is 9.59 Å². The van der Waals surface area contributed by atoms with Crippen LogP contribution in [0, 0.1) is 21.7 Å². The van der Waals surface area contributed by atoms with Gasteiger partial charge in [0.1, 0.15) is 11.5 Å². The van der Waals surface area contributed by atoms with E-state index in [-0.39, 0.29) is 33.2 Å². The fourth-order valence-electron chi connectivity index (χ4n) is 10.3. The Labute approximate surface area is 510 Å². The van der Waals surface area contributed by atoms with Crippen LogP contribution in [0.1, 0.15) is 177 Å². The minimum Gasteiger partial charge on any atom is -0.508 e. The topological polar surface area (TPSA) is 74.6 Å². The fourth-order valence-corrected chi connectivity index (χ4v) is 10.3. The van der Waals surface area contributed by atoms with Crippen LogP contribution in [0.5, 0.6) is 0 Å². The predicted molar refractivity (Wildman–Crippen MR) is 367 cm³/mol. The highest BCUT2D eigenvalue weighted by molar-refractivity contribution is 5.98. The molecule has 0 bridgehead atoms. The first-order valence-corrected chi connectivity index (χ1v) is 30.1. The zero-order valence-corrected chi connectivity index (χ0v) is 55.3. The van der Waals surface area contributed by atoms with Crippen molar-refractivity contribution in [2.24, 2.45) is 21.7 Å². The van der Waals surface area contributed by atoms with Gasteiger partial charge in [-0.25, -0.2) is 0 Å². The van der Waals surface area contributed by atoms with Gasteiger partial charge in [0.05, 0.1) is 0 Å². The Balaban J connectivity index is 0.000000440. The number of rotatable bonds is 20. The SMILES string of the molecule is CC1=C(/C=C/C(C)=C/C=C/C(C)=C/C=C/C=C(C)/C=C/C=C(C)/C=C/C2=C(C)C(=O)CCC2(C)C)C(C)(C)CCC1=O.CC1=C(/C=C/C(C)=C/C=C/C(C)=C/C=C/C=C(C)/C=C/C=C(C)/C=C/C2=C(C)C(O)=CCC2(C)C)C(C)(C)CC=C1O. The van der Waals surface area contributed by atoms with Crippen molar-refractivity contribution in [2.75, 3.05) is 0 Å². The van der Waals surface area contributed by atoms with Crippen molar-refractivity contribution < 1.29 is 19.8 Å². The predicted octanol–water partition coefficient (Wildman–Crippen LogP) is 22.9. The second-order valence-corrected chi connectivity index (χ2v) is 25.9. The lowest BCUT2D eigenvalue weighted by Crippen LogP contribution is -2.24. The maximum absolute atomic E-state index is 12.2. The van der Waals surface area contributed by atoms with Crippen LogP contribution in [-0.2, 0) is 9.59 Å². The van der Waals surface area contributed by atoms with Crippen LogP contribution in [0.25, 0.3) is 0 Å². The smallest absolute Gasteiger partial charge is 0.158 e. The quantitative estimate of drug-likeness (QED) is 0.119. The van der Waals surface area contributed by atoms with E-state index in [0.717, 1.165) is 92.6 Å². The summed E-state index contributed by atoms with van der Waals surface area (Å²) in [5.41, 5.74) is 17.8. The standard InChI is InChI=1S/2C40H52O2/c2*1-29(17-13-19-31(3)21-23-35-33(5)37(41)25-27-39(35,7)8)15-11-12-16-30(2)18-14-20-32(4)22-24-36-34(6)38(42)26-28-40(36,9)10/h11-24H,25-28H2,1-10H3;11-26,41-42H,27-28H2,1-10H3/b2*12-11+,17-13+,18-14+,23-21+,24-22+,29-15+,30-16+,31-19+,32-20+. The summed E-state index contributed by atoms with van der Waals surface area (Å²) in [7, 11) is 0. The van der Waals surface area contributed by atoms with Gasteiger partial charge in [0.25, 0.3) is 0 Å². The molecule has 0 unspecified atom stereocenters. The summed E-state index contributed by atoms with van der Waals surface area (Å²) in [5, 5.41) is 20.2. The molecule has 0 fully saturated rings. The molecule has 0 aromatic rings. The first-order chi connectivity index (χ1) is 39.3. The van der Waals surface area contributed by atoms with Gasteiger partial charge < -0.3 is 10.2 Å². The Morgan fingerprint density at radius 2 is 0.548 bits per heavy atom. The highest BCUT2D eigenvalue weighted by Gasteiger charge is 2.32. The van der Waals surface area contributed by atoms with E-state index in [1.54, 1.807) is 0 Å². The van der Waals surface area contributed by atoms with Crippen LogP contribution in [0.3, 0.4) is 0 Å². The van der Waals surface area contributed by atoms with Crippen LogP contribution in [0.15, 0.2) is 283 Å². The molecule has 0 saturated heterocycles. The third kappa shape index (κ3) is 23.8. The molecule has 4 aliphatic carbocycles. The summed E-state index contributed by atoms with van der Waals surface area (Å²) in [6.45, 7) is 42.3. The van der Waals surface area contributed by atoms with Crippen molar-refractivity contribution in [2.45, 2.75) is 177 Å². The van der Waals surface area contributed by atoms with Crippen molar-refractivity contribution in [1.29, 1.82) is 0 Å². The van der Waals surface area contributed by atoms with Gasteiger partial charge in [-0.2, -0.15) is 0 Å². The summed E-state index contributed by atoms with van der Waals surface area (Å²) >= 11 is 0. The lowest BCUT2D eigenvalue weighted by atomic mass is 9.72. The van der Waals surface area contributed by atoms with Crippen LogP contribution in [0.4, 0.5) is 0 Å². The van der Waals surface area contributed by atoms with Gasteiger partial charge in [0.15, 0.2) is 11.6 Å². The number of aliphatic hydroxyl groups excluding tert-OH is 2. The lowest BCUT2D eigenvalue weighted by molar-refractivity contribution is -0.117. The van der Waals surface area contributed by atoms with E-state index in [1.165, 1.54) is 22.3 Å². The molecular formula is C80H104O4. The van der Waals surface area contributed by atoms with Crippen molar-refractivity contribution in [1.82, 2.24) is 0 Å². The monoisotopic (exact) mass is 1130 g/mol. The minimum absolute atomic E-state index is 0.0257. The van der Waals surface area contributed by atoms with Gasteiger partial charge in [0.2, 0.25) is 0 Å². The number of hydrogen-bond acceptors (Lipinski definition) is 4. The highest BCUT2D eigenvalue weighted by Crippen LogP contribution is 2.43. The second kappa shape index (κ2) is 33.3. The molecule has 0 heterocycles. The van der Waals surface area contributed by atoms with E-state index >= 15 is 0 Å². The molecule has 4 nitrogen and oxygen atoms in total. The zero-order valence-electron chi connectivity index (χ0n) is 55.3.